The Balaban J connectivity index is 1.54. The number of hydrogen-bond donors (Lipinski definition) is 2. The molecule has 0 radical (unpaired) electrons. The highest BCUT2D eigenvalue weighted by molar-refractivity contribution is 5.96. The maximum Gasteiger partial charge on any atom is 0.289 e. The first kappa shape index (κ1) is 15.2. The molecule has 2 amide bonds. The largest absolute Gasteiger partial charge is 0.451 e. The molecule has 1 aromatic heterocycles. The number of hydrogen-bond acceptors (Lipinski definition) is 4. The average molecular weight is 327 g/mol. The summed E-state index contributed by atoms with van der Waals surface area (Å²) in [6, 6.07) is 9.44. The minimum Gasteiger partial charge on any atom is -0.451 e. The average Bonchev–Trinajstić information content (AvgIpc) is 3.16. The third-order valence-electron chi connectivity index (χ3n) is 5.23. The third-order valence-corrected chi connectivity index (χ3v) is 5.23. The van der Waals surface area contributed by atoms with Gasteiger partial charge in [-0.1, -0.05) is 18.2 Å². The SMILES string of the molecule is CC(=O)N[C@@]12CCN(C(=O)c3cc4ccccc4o3)C[C@@H]1CNC2. The van der Waals surface area contributed by atoms with Gasteiger partial charge in [-0.3, -0.25) is 9.59 Å². The second-order valence-corrected chi connectivity index (χ2v) is 6.81. The summed E-state index contributed by atoms with van der Waals surface area (Å²) in [6.45, 7) is 4.38. The Kier molecular flexibility index (Phi) is 3.57. The van der Waals surface area contributed by atoms with Crippen molar-refractivity contribution in [2.75, 3.05) is 26.2 Å². The van der Waals surface area contributed by atoms with Crippen molar-refractivity contribution < 1.29 is 14.0 Å². The highest BCUT2D eigenvalue weighted by atomic mass is 16.3. The van der Waals surface area contributed by atoms with Gasteiger partial charge in [0.1, 0.15) is 5.58 Å². The minimum absolute atomic E-state index is 0.0132. The Morgan fingerprint density at radius 3 is 3.00 bits per heavy atom. The van der Waals surface area contributed by atoms with E-state index in [9.17, 15) is 9.59 Å². The number of piperidine rings is 1. The van der Waals surface area contributed by atoms with Crippen molar-refractivity contribution in [1.82, 2.24) is 15.5 Å². The summed E-state index contributed by atoms with van der Waals surface area (Å²) < 4.78 is 5.71. The van der Waals surface area contributed by atoms with E-state index in [2.05, 4.69) is 10.6 Å². The first-order chi connectivity index (χ1) is 11.6. The van der Waals surface area contributed by atoms with Crippen LogP contribution in [-0.2, 0) is 4.79 Å². The fraction of sp³-hybridized carbons (Fsp3) is 0.444. The standard InChI is InChI=1S/C18H21N3O3/c1-12(22)20-18-6-7-21(10-14(18)9-19-11-18)17(23)16-8-13-4-2-3-5-15(13)24-16/h2-5,8,14,19H,6-7,9-11H2,1H3,(H,20,22)/t14-,18+/m0/s1. The molecule has 6 heteroatoms. The van der Waals surface area contributed by atoms with Gasteiger partial charge in [0.15, 0.2) is 5.76 Å². The van der Waals surface area contributed by atoms with Gasteiger partial charge in [0.2, 0.25) is 5.91 Å². The lowest BCUT2D eigenvalue weighted by Gasteiger charge is -2.43. The molecule has 2 aliphatic heterocycles. The number of amides is 2. The zero-order valence-corrected chi connectivity index (χ0v) is 13.7. The second-order valence-electron chi connectivity index (χ2n) is 6.81. The van der Waals surface area contributed by atoms with Crippen LogP contribution in [-0.4, -0.2) is 48.4 Å². The Labute approximate surface area is 140 Å². The van der Waals surface area contributed by atoms with Crippen LogP contribution in [0.1, 0.15) is 23.9 Å². The van der Waals surface area contributed by atoms with E-state index in [0.717, 1.165) is 30.5 Å². The van der Waals surface area contributed by atoms with Crippen LogP contribution >= 0.6 is 0 Å². The molecule has 3 heterocycles. The van der Waals surface area contributed by atoms with Crippen molar-refractivity contribution in [3.05, 3.63) is 36.1 Å². The van der Waals surface area contributed by atoms with Gasteiger partial charge < -0.3 is 20.0 Å². The highest BCUT2D eigenvalue weighted by Crippen LogP contribution is 2.32. The maximum atomic E-state index is 12.8. The molecule has 0 unspecified atom stereocenters. The molecule has 0 saturated carbocycles. The number of para-hydroxylation sites is 1. The lowest BCUT2D eigenvalue weighted by Crippen LogP contribution is -2.61. The Morgan fingerprint density at radius 1 is 1.38 bits per heavy atom. The van der Waals surface area contributed by atoms with E-state index in [4.69, 9.17) is 4.42 Å². The molecule has 0 spiro atoms. The molecule has 2 fully saturated rings. The fourth-order valence-corrected chi connectivity index (χ4v) is 4.02. The van der Waals surface area contributed by atoms with Crippen LogP contribution in [0.5, 0.6) is 0 Å². The van der Waals surface area contributed by atoms with Gasteiger partial charge in [-0.25, -0.2) is 0 Å². The number of benzene rings is 1. The van der Waals surface area contributed by atoms with Crippen molar-refractivity contribution in [1.29, 1.82) is 0 Å². The summed E-state index contributed by atoms with van der Waals surface area (Å²) in [6.07, 6.45) is 0.760. The lowest BCUT2D eigenvalue weighted by molar-refractivity contribution is -0.121. The Morgan fingerprint density at radius 2 is 2.21 bits per heavy atom. The van der Waals surface area contributed by atoms with Gasteiger partial charge in [-0.15, -0.1) is 0 Å². The van der Waals surface area contributed by atoms with Crippen molar-refractivity contribution >= 4 is 22.8 Å². The predicted octanol–water partition coefficient (Wildman–Crippen LogP) is 1.37. The third kappa shape index (κ3) is 2.47. The summed E-state index contributed by atoms with van der Waals surface area (Å²) in [5, 5.41) is 7.41. The molecule has 2 aliphatic rings. The van der Waals surface area contributed by atoms with Crippen LogP contribution in [0.2, 0.25) is 0 Å². The molecule has 24 heavy (non-hydrogen) atoms. The van der Waals surface area contributed by atoms with Gasteiger partial charge in [0, 0.05) is 44.4 Å². The van der Waals surface area contributed by atoms with E-state index in [1.165, 1.54) is 0 Å². The summed E-state index contributed by atoms with van der Waals surface area (Å²) >= 11 is 0. The monoisotopic (exact) mass is 327 g/mol. The zero-order valence-electron chi connectivity index (χ0n) is 13.7. The molecule has 0 aliphatic carbocycles. The summed E-state index contributed by atoms with van der Waals surface area (Å²) in [7, 11) is 0. The number of furan rings is 1. The van der Waals surface area contributed by atoms with Crippen molar-refractivity contribution in [3.8, 4) is 0 Å². The molecule has 126 valence electrons. The molecule has 2 aromatic rings. The molecule has 6 nitrogen and oxygen atoms in total. The van der Waals surface area contributed by atoms with E-state index in [-0.39, 0.29) is 23.3 Å². The topological polar surface area (TPSA) is 74.6 Å². The first-order valence-corrected chi connectivity index (χ1v) is 8.35. The van der Waals surface area contributed by atoms with E-state index in [1.54, 1.807) is 13.0 Å². The van der Waals surface area contributed by atoms with Crippen LogP contribution in [0.25, 0.3) is 11.0 Å². The second kappa shape index (κ2) is 5.63. The molecule has 2 saturated heterocycles. The maximum absolute atomic E-state index is 12.8. The smallest absolute Gasteiger partial charge is 0.289 e. The van der Waals surface area contributed by atoms with Crippen LogP contribution in [0.4, 0.5) is 0 Å². The van der Waals surface area contributed by atoms with Crippen LogP contribution in [0.15, 0.2) is 34.7 Å². The Hall–Kier alpha value is -2.34. The van der Waals surface area contributed by atoms with E-state index in [1.807, 2.05) is 29.2 Å². The molecular weight excluding hydrogens is 306 g/mol. The van der Waals surface area contributed by atoms with Gasteiger partial charge in [-0.05, 0) is 18.6 Å². The lowest BCUT2D eigenvalue weighted by atomic mass is 9.80. The molecule has 2 N–H and O–H groups in total. The van der Waals surface area contributed by atoms with E-state index >= 15 is 0 Å². The molecule has 2 atom stereocenters. The van der Waals surface area contributed by atoms with E-state index < -0.39 is 0 Å². The normalized spacial score (nSPS) is 26.4. The molecule has 1 aromatic carbocycles. The molecule has 0 bridgehead atoms. The van der Waals surface area contributed by atoms with Crippen molar-refractivity contribution in [3.63, 3.8) is 0 Å². The van der Waals surface area contributed by atoms with Gasteiger partial charge in [-0.2, -0.15) is 0 Å². The van der Waals surface area contributed by atoms with Gasteiger partial charge in [0.25, 0.3) is 5.91 Å². The number of fused-ring (bicyclic) bond motifs is 2. The van der Waals surface area contributed by atoms with E-state index in [0.29, 0.717) is 18.8 Å². The predicted molar refractivity (Wildman–Crippen MR) is 89.6 cm³/mol. The number of likely N-dealkylation sites (tertiary alicyclic amines) is 1. The zero-order chi connectivity index (χ0) is 16.7. The van der Waals surface area contributed by atoms with Crippen molar-refractivity contribution in [2.24, 2.45) is 5.92 Å². The Bertz CT molecular complexity index is 767. The van der Waals surface area contributed by atoms with Crippen LogP contribution in [0.3, 0.4) is 0 Å². The fourth-order valence-electron chi connectivity index (χ4n) is 4.02. The minimum atomic E-state index is -0.226. The summed E-state index contributed by atoms with van der Waals surface area (Å²) in [5.41, 5.74) is 0.504. The number of nitrogens with zero attached hydrogens (tertiary/aromatic N) is 1. The summed E-state index contributed by atoms with van der Waals surface area (Å²) in [4.78, 5) is 26.2. The number of carbonyl (C=O) groups is 2. The number of nitrogens with one attached hydrogen (secondary N) is 2. The van der Waals surface area contributed by atoms with Crippen LogP contribution < -0.4 is 10.6 Å². The quantitative estimate of drug-likeness (QED) is 0.874. The summed E-state index contributed by atoms with van der Waals surface area (Å²) in [5.74, 6) is 0.521. The number of carbonyl (C=O) groups excluding carboxylic acids is 2. The number of rotatable bonds is 2. The van der Waals surface area contributed by atoms with Crippen LogP contribution in [0, 0.1) is 5.92 Å². The van der Waals surface area contributed by atoms with Gasteiger partial charge >= 0.3 is 0 Å². The molecule has 4 rings (SSSR count). The first-order valence-electron chi connectivity index (χ1n) is 8.35. The highest BCUT2D eigenvalue weighted by Gasteiger charge is 2.48. The van der Waals surface area contributed by atoms with Crippen molar-refractivity contribution in [2.45, 2.75) is 18.9 Å². The molecular formula is C18H21N3O3. The van der Waals surface area contributed by atoms with Gasteiger partial charge in [0.05, 0.1) is 5.54 Å².